The predicted octanol–water partition coefficient (Wildman–Crippen LogP) is 5.10. The zero-order chi connectivity index (χ0) is 15.4. The molecule has 1 aliphatic carbocycles. The van der Waals surface area contributed by atoms with Crippen molar-refractivity contribution >= 4 is 0 Å². The summed E-state index contributed by atoms with van der Waals surface area (Å²) in [5.74, 6) is 1.73. The highest BCUT2D eigenvalue weighted by Gasteiger charge is 2.21. The Morgan fingerprint density at radius 3 is 2.48 bits per heavy atom. The standard InChI is InChI=1S/C19H28FN/c1-13(2)19(17-5-7-18(20)8-6-17)21-12-16-10-14(3)9-15(4)11-16/h5-9,13-14,16,19,21H,10-12H2,1-4H3. The van der Waals surface area contributed by atoms with Crippen LogP contribution >= 0.6 is 0 Å². The van der Waals surface area contributed by atoms with Crippen LogP contribution in [0.1, 0.15) is 52.1 Å². The number of hydrogen-bond donors (Lipinski definition) is 1. The molecule has 2 rings (SSSR count). The monoisotopic (exact) mass is 289 g/mol. The van der Waals surface area contributed by atoms with Crippen LogP contribution in [0.3, 0.4) is 0 Å². The first-order valence-electron chi connectivity index (χ1n) is 8.12. The molecule has 0 aromatic heterocycles. The highest BCUT2D eigenvalue weighted by molar-refractivity contribution is 5.20. The van der Waals surface area contributed by atoms with E-state index < -0.39 is 0 Å². The van der Waals surface area contributed by atoms with Gasteiger partial charge in [0, 0.05) is 6.04 Å². The van der Waals surface area contributed by atoms with E-state index in [1.807, 2.05) is 12.1 Å². The van der Waals surface area contributed by atoms with E-state index in [2.05, 4.69) is 39.1 Å². The van der Waals surface area contributed by atoms with E-state index in [9.17, 15) is 4.39 Å². The molecule has 3 unspecified atom stereocenters. The van der Waals surface area contributed by atoms with Crippen LogP contribution in [0.4, 0.5) is 4.39 Å². The molecular weight excluding hydrogens is 261 g/mol. The van der Waals surface area contributed by atoms with E-state index in [1.54, 1.807) is 12.1 Å². The molecule has 0 amide bonds. The highest BCUT2D eigenvalue weighted by Crippen LogP contribution is 2.29. The van der Waals surface area contributed by atoms with Crippen molar-refractivity contribution in [2.45, 2.75) is 46.6 Å². The molecule has 2 heteroatoms. The van der Waals surface area contributed by atoms with Gasteiger partial charge in [-0.25, -0.2) is 4.39 Å². The van der Waals surface area contributed by atoms with Crippen molar-refractivity contribution in [3.8, 4) is 0 Å². The maximum absolute atomic E-state index is 13.1. The van der Waals surface area contributed by atoms with Crippen molar-refractivity contribution in [2.75, 3.05) is 6.54 Å². The number of benzene rings is 1. The third-order valence-corrected chi connectivity index (χ3v) is 4.41. The van der Waals surface area contributed by atoms with Gasteiger partial charge in [0.25, 0.3) is 0 Å². The lowest BCUT2D eigenvalue weighted by Crippen LogP contribution is -2.32. The van der Waals surface area contributed by atoms with Gasteiger partial charge in [0.1, 0.15) is 5.82 Å². The van der Waals surface area contributed by atoms with E-state index in [0.29, 0.717) is 23.8 Å². The molecule has 116 valence electrons. The Morgan fingerprint density at radius 2 is 1.90 bits per heavy atom. The van der Waals surface area contributed by atoms with Gasteiger partial charge in [-0.3, -0.25) is 0 Å². The third kappa shape index (κ3) is 4.67. The molecule has 0 radical (unpaired) electrons. The second kappa shape index (κ2) is 7.22. The molecule has 0 heterocycles. The van der Waals surface area contributed by atoms with Gasteiger partial charge < -0.3 is 5.32 Å². The Kier molecular flexibility index (Phi) is 5.58. The highest BCUT2D eigenvalue weighted by atomic mass is 19.1. The molecular formula is C19H28FN. The molecule has 21 heavy (non-hydrogen) atoms. The molecule has 1 aromatic rings. The zero-order valence-electron chi connectivity index (χ0n) is 13.7. The average molecular weight is 289 g/mol. The lowest BCUT2D eigenvalue weighted by molar-refractivity contribution is 0.330. The summed E-state index contributed by atoms with van der Waals surface area (Å²) in [7, 11) is 0. The molecule has 0 saturated heterocycles. The predicted molar refractivity (Wildman–Crippen MR) is 87.6 cm³/mol. The van der Waals surface area contributed by atoms with Gasteiger partial charge in [-0.15, -0.1) is 0 Å². The van der Waals surface area contributed by atoms with Gasteiger partial charge in [-0.1, -0.05) is 44.6 Å². The number of nitrogens with one attached hydrogen (secondary N) is 1. The second-order valence-corrected chi connectivity index (χ2v) is 6.98. The van der Waals surface area contributed by atoms with Crippen molar-refractivity contribution in [1.29, 1.82) is 0 Å². The Labute approximate surface area is 128 Å². The van der Waals surface area contributed by atoms with Gasteiger partial charge in [-0.05, 0) is 61.8 Å². The van der Waals surface area contributed by atoms with Crippen molar-refractivity contribution in [2.24, 2.45) is 17.8 Å². The Balaban J connectivity index is 1.98. The number of allylic oxidation sites excluding steroid dienone is 2. The van der Waals surface area contributed by atoms with E-state index in [-0.39, 0.29) is 5.82 Å². The third-order valence-electron chi connectivity index (χ3n) is 4.41. The van der Waals surface area contributed by atoms with Gasteiger partial charge in [0.2, 0.25) is 0 Å². The largest absolute Gasteiger partial charge is 0.309 e. The maximum atomic E-state index is 13.1. The molecule has 0 saturated carbocycles. The number of hydrogen-bond acceptors (Lipinski definition) is 1. The minimum atomic E-state index is -0.164. The Bertz CT molecular complexity index is 475. The lowest BCUT2D eigenvalue weighted by atomic mass is 9.83. The second-order valence-electron chi connectivity index (χ2n) is 6.98. The zero-order valence-corrected chi connectivity index (χ0v) is 13.7. The van der Waals surface area contributed by atoms with Crippen LogP contribution in [0.25, 0.3) is 0 Å². The van der Waals surface area contributed by atoms with E-state index in [0.717, 1.165) is 6.54 Å². The molecule has 1 aliphatic rings. The minimum Gasteiger partial charge on any atom is -0.309 e. The van der Waals surface area contributed by atoms with Crippen LogP contribution in [0.15, 0.2) is 35.9 Å². The summed E-state index contributed by atoms with van der Waals surface area (Å²) >= 11 is 0. The molecule has 1 N–H and O–H groups in total. The molecule has 3 atom stereocenters. The first-order valence-corrected chi connectivity index (χ1v) is 8.12. The maximum Gasteiger partial charge on any atom is 0.123 e. The van der Waals surface area contributed by atoms with Crippen LogP contribution in [-0.4, -0.2) is 6.54 Å². The Morgan fingerprint density at radius 1 is 1.24 bits per heavy atom. The molecule has 1 nitrogen and oxygen atoms in total. The fourth-order valence-corrected chi connectivity index (χ4v) is 3.54. The Hall–Kier alpha value is -1.15. The first-order chi connectivity index (χ1) is 9.95. The van der Waals surface area contributed by atoms with E-state index in [1.165, 1.54) is 24.0 Å². The van der Waals surface area contributed by atoms with E-state index >= 15 is 0 Å². The topological polar surface area (TPSA) is 12.0 Å². The number of halogens is 1. The average Bonchev–Trinajstić information content (AvgIpc) is 2.39. The summed E-state index contributed by atoms with van der Waals surface area (Å²) in [5.41, 5.74) is 2.70. The van der Waals surface area contributed by atoms with E-state index in [4.69, 9.17) is 0 Å². The molecule has 0 fully saturated rings. The van der Waals surface area contributed by atoms with Crippen molar-refractivity contribution in [1.82, 2.24) is 5.32 Å². The van der Waals surface area contributed by atoms with Crippen LogP contribution < -0.4 is 5.32 Å². The summed E-state index contributed by atoms with van der Waals surface area (Å²) in [6, 6.07) is 7.22. The van der Waals surface area contributed by atoms with Crippen molar-refractivity contribution in [3.63, 3.8) is 0 Å². The number of rotatable bonds is 5. The SMILES string of the molecule is CC1=CC(C)CC(CNC(c2ccc(F)cc2)C(C)C)C1. The smallest absolute Gasteiger partial charge is 0.123 e. The molecule has 0 spiro atoms. The van der Waals surface area contributed by atoms with Crippen molar-refractivity contribution < 1.29 is 4.39 Å². The first kappa shape index (κ1) is 16.2. The fraction of sp³-hybridized carbons (Fsp3) is 0.579. The summed E-state index contributed by atoms with van der Waals surface area (Å²) in [5, 5.41) is 3.72. The van der Waals surface area contributed by atoms with Crippen LogP contribution in [0, 0.1) is 23.6 Å². The normalized spacial score (nSPS) is 24.0. The quantitative estimate of drug-likeness (QED) is 0.743. The molecule has 0 bridgehead atoms. The minimum absolute atomic E-state index is 0.164. The fourth-order valence-electron chi connectivity index (χ4n) is 3.54. The summed E-state index contributed by atoms with van der Waals surface area (Å²) in [6.45, 7) is 10.0. The summed E-state index contributed by atoms with van der Waals surface area (Å²) in [6.07, 6.45) is 4.86. The van der Waals surface area contributed by atoms with Crippen LogP contribution in [0.5, 0.6) is 0 Å². The lowest BCUT2D eigenvalue weighted by Gasteiger charge is -2.29. The summed E-state index contributed by atoms with van der Waals surface area (Å²) < 4.78 is 13.1. The van der Waals surface area contributed by atoms with Crippen LogP contribution in [0.2, 0.25) is 0 Å². The van der Waals surface area contributed by atoms with Crippen LogP contribution in [-0.2, 0) is 0 Å². The molecule has 0 aliphatic heterocycles. The molecule has 1 aromatic carbocycles. The van der Waals surface area contributed by atoms with Gasteiger partial charge in [0.05, 0.1) is 0 Å². The van der Waals surface area contributed by atoms with Gasteiger partial charge in [0.15, 0.2) is 0 Å². The van der Waals surface area contributed by atoms with Gasteiger partial charge >= 0.3 is 0 Å². The van der Waals surface area contributed by atoms with Crippen molar-refractivity contribution in [3.05, 3.63) is 47.3 Å². The summed E-state index contributed by atoms with van der Waals surface area (Å²) in [4.78, 5) is 0. The van der Waals surface area contributed by atoms with Gasteiger partial charge in [-0.2, -0.15) is 0 Å².